The molecular formula is C7H4N4O. The van der Waals surface area contributed by atoms with E-state index in [2.05, 4.69) is 15.2 Å². The van der Waals surface area contributed by atoms with Gasteiger partial charge in [-0.25, -0.2) is 0 Å². The Bertz CT molecular complexity index is 516. The second-order valence-corrected chi connectivity index (χ2v) is 2.30. The summed E-state index contributed by atoms with van der Waals surface area (Å²) in [5, 5.41) is 15.5. The smallest absolute Gasteiger partial charge is 0.249 e. The number of aromatic nitrogens is 3. The molecule has 12 heavy (non-hydrogen) atoms. The fourth-order valence-corrected chi connectivity index (χ4v) is 1.01. The van der Waals surface area contributed by atoms with Gasteiger partial charge in [-0.15, -0.1) is 0 Å². The van der Waals surface area contributed by atoms with Crippen molar-refractivity contribution in [3.63, 3.8) is 0 Å². The lowest BCUT2D eigenvalue weighted by Crippen LogP contribution is -2.01. The first kappa shape index (κ1) is 6.61. The highest BCUT2D eigenvalue weighted by atomic mass is 16.1. The van der Waals surface area contributed by atoms with Gasteiger partial charge in [-0.2, -0.15) is 10.4 Å². The number of hydrogen-bond donors (Lipinski definition) is 2. The molecule has 0 saturated heterocycles. The van der Waals surface area contributed by atoms with Gasteiger partial charge < -0.3 is 4.98 Å². The van der Waals surface area contributed by atoms with E-state index in [0.717, 1.165) is 0 Å². The predicted octanol–water partition coefficient (Wildman–Crippen LogP) is 0.123. The molecule has 0 saturated carbocycles. The second kappa shape index (κ2) is 2.20. The van der Waals surface area contributed by atoms with Gasteiger partial charge in [0.15, 0.2) is 5.65 Å². The van der Waals surface area contributed by atoms with Crippen molar-refractivity contribution in [1.29, 1.82) is 5.26 Å². The van der Waals surface area contributed by atoms with Gasteiger partial charge in [-0.1, -0.05) is 0 Å². The van der Waals surface area contributed by atoms with Gasteiger partial charge in [-0.3, -0.25) is 9.89 Å². The normalized spacial score (nSPS) is 9.92. The molecule has 0 amide bonds. The van der Waals surface area contributed by atoms with Gasteiger partial charge in [0, 0.05) is 6.07 Å². The van der Waals surface area contributed by atoms with Crippen molar-refractivity contribution in [2.24, 2.45) is 0 Å². The molecule has 2 rings (SSSR count). The molecule has 0 aromatic carbocycles. The SMILES string of the molecule is N#Cc1[nH]nc2[nH]c(=O)ccc12. The predicted molar refractivity (Wildman–Crippen MR) is 41.4 cm³/mol. The molecule has 2 heterocycles. The maximum atomic E-state index is 10.8. The van der Waals surface area contributed by atoms with E-state index >= 15 is 0 Å². The van der Waals surface area contributed by atoms with Crippen LogP contribution in [-0.4, -0.2) is 15.2 Å². The Morgan fingerprint density at radius 3 is 3.08 bits per heavy atom. The number of nitrogens with zero attached hydrogens (tertiary/aromatic N) is 2. The Balaban J connectivity index is 2.93. The summed E-state index contributed by atoms with van der Waals surface area (Å²) in [4.78, 5) is 13.3. The van der Waals surface area contributed by atoms with E-state index in [1.54, 1.807) is 6.07 Å². The monoisotopic (exact) mass is 160 g/mol. The highest BCUT2D eigenvalue weighted by molar-refractivity contribution is 5.79. The fraction of sp³-hybridized carbons (Fsp3) is 0. The molecule has 2 aromatic heterocycles. The van der Waals surface area contributed by atoms with Crippen LogP contribution in [0.15, 0.2) is 16.9 Å². The maximum absolute atomic E-state index is 10.8. The van der Waals surface area contributed by atoms with Gasteiger partial charge in [0.2, 0.25) is 5.56 Å². The molecule has 5 heteroatoms. The lowest BCUT2D eigenvalue weighted by atomic mass is 10.3. The number of hydrogen-bond acceptors (Lipinski definition) is 3. The van der Waals surface area contributed by atoms with Crippen LogP contribution in [0.25, 0.3) is 11.0 Å². The molecule has 0 bridgehead atoms. The number of nitriles is 1. The number of fused-ring (bicyclic) bond motifs is 1. The van der Waals surface area contributed by atoms with Crippen LogP contribution in [0.3, 0.4) is 0 Å². The summed E-state index contributed by atoms with van der Waals surface area (Å²) in [6.07, 6.45) is 0. The Kier molecular flexibility index (Phi) is 1.21. The summed E-state index contributed by atoms with van der Waals surface area (Å²) >= 11 is 0. The average Bonchev–Trinajstić information content (AvgIpc) is 2.46. The molecule has 0 atom stereocenters. The molecule has 0 aliphatic heterocycles. The number of aromatic amines is 2. The highest BCUT2D eigenvalue weighted by Gasteiger charge is 2.03. The Labute approximate surface area is 66.6 Å². The summed E-state index contributed by atoms with van der Waals surface area (Å²) in [6, 6.07) is 4.85. The molecule has 0 unspecified atom stereocenters. The molecule has 0 radical (unpaired) electrons. The van der Waals surface area contributed by atoms with Crippen LogP contribution in [0.2, 0.25) is 0 Å². The van der Waals surface area contributed by atoms with E-state index in [4.69, 9.17) is 5.26 Å². The van der Waals surface area contributed by atoms with E-state index in [1.165, 1.54) is 6.07 Å². The minimum absolute atomic E-state index is 0.224. The summed E-state index contributed by atoms with van der Waals surface area (Å²) in [6.45, 7) is 0. The van der Waals surface area contributed by atoms with Crippen molar-refractivity contribution in [3.05, 3.63) is 28.2 Å². The third-order valence-electron chi connectivity index (χ3n) is 1.56. The topological polar surface area (TPSA) is 85.3 Å². The summed E-state index contributed by atoms with van der Waals surface area (Å²) in [5.41, 5.74) is 0.554. The summed E-state index contributed by atoms with van der Waals surface area (Å²) in [5.74, 6) is 0. The zero-order valence-corrected chi connectivity index (χ0v) is 5.96. The van der Waals surface area contributed by atoms with Crippen LogP contribution in [0.1, 0.15) is 5.69 Å². The zero-order valence-electron chi connectivity index (χ0n) is 5.96. The third-order valence-corrected chi connectivity index (χ3v) is 1.56. The van der Waals surface area contributed by atoms with Crippen molar-refractivity contribution in [2.45, 2.75) is 0 Å². The van der Waals surface area contributed by atoms with Crippen molar-refractivity contribution >= 4 is 11.0 Å². The number of rotatable bonds is 0. The van der Waals surface area contributed by atoms with E-state index in [9.17, 15) is 4.79 Å². The Morgan fingerprint density at radius 2 is 2.33 bits per heavy atom. The quantitative estimate of drug-likeness (QED) is 0.574. The van der Waals surface area contributed by atoms with Crippen molar-refractivity contribution < 1.29 is 0 Å². The molecular weight excluding hydrogens is 156 g/mol. The first-order valence-corrected chi connectivity index (χ1v) is 3.29. The van der Waals surface area contributed by atoms with Crippen molar-refractivity contribution in [1.82, 2.24) is 15.2 Å². The van der Waals surface area contributed by atoms with Gasteiger partial charge >= 0.3 is 0 Å². The van der Waals surface area contributed by atoms with Gasteiger partial charge in [0.25, 0.3) is 0 Å². The van der Waals surface area contributed by atoms with Gasteiger partial charge in [-0.05, 0) is 6.07 Å². The molecule has 2 aromatic rings. The average molecular weight is 160 g/mol. The van der Waals surface area contributed by atoms with Crippen LogP contribution in [0.5, 0.6) is 0 Å². The minimum Gasteiger partial charge on any atom is -0.305 e. The van der Waals surface area contributed by atoms with Crippen LogP contribution in [0, 0.1) is 11.3 Å². The second-order valence-electron chi connectivity index (χ2n) is 2.30. The van der Waals surface area contributed by atoms with Gasteiger partial charge in [0.05, 0.1) is 5.39 Å². The standard InChI is InChI=1S/C7H4N4O/c8-3-5-4-1-2-6(12)9-7(4)11-10-5/h1-2H,(H2,9,10,11,12). The molecule has 0 aliphatic rings. The van der Waals surface area contributed by atoms with E-state index < -0.39 is 0 Å². The zero-order chi connectivity index (χ0) is 8.55. The highest BCUT2D eigenvalue weighted by Crippen LogP contribution is 2.08. The molecule has 58 valence electrons. The first-order chi connectivity index (χ1) is 5.81. The number of nitrogens with one attached hydrogen (secondary N) is 2. The largest absolute Gasteiger partial charge is 0.305 e. The molecule has 5 nitrogen and oxygen atoms in total. The molecule has 0 aliphatic carbocycles. The summed E-state index contributed by atoms with van der Waals surface area (Å²) in [7, 11) is 0. The van der Waals surface area contributed by atoms with Gasteiger partial charge in [0.1, 0.15) is 11.8 Å². The van der Waals surface area contributed by atoms with E-state index in [1.807, 2.05) is 6.07 Å². The fourth-order valence-electron chi connectivity index (χ4n) is 1.01. The molecule has 2 N–H and O–H groups in total. The van der Waals surface area contributed by atoms with Crippen molar-refractivity contribution in [2.75, 3.05) is 0 Å². The molecule has 0 fully saturated rings. The first-order valence-electron chi connectivity index (χ1n) is 3.29. The van der Waals surface area contributed by atoms with Crippen LogP contribution in [0.4, 0.5) is 0 Å². The minimum atomic E-state index is -0.224. The van der Waals surface area contributed by atoms with Crippen molar-refractivity contribution in [3.8, 4) is 6.07 Å². The summed E-state index contributed by atoms with van der Waals surface area (Å²) < 4.78 is 0. The van der Waals surface area contributed by atoms with Crippen LogP contribution >= 0.6 is 0 Å². The van der Waals surface area contributed by atoms with E-state index in [0.29, 0.717) is 16.7 Å². The van der Waals surface area contributed by atoms with Crippen LogP contribution in [-0.2, 0) is 0 Å². The lowest BCUT2D eigenvalue weighted by molar-refractivity contribution is 1.07. The number of H-pyrrole nitrogens is 2. The lowest BCUT2D eigenvalue weighted by Gasteiger charge is -1.83. The van der Waals surface area contributed by atoms with E-state index in [-0.39, 0.29) is 5.56 Å². The third kappa shape index (κ3) is 0.787. The molecule has 0 spiro atoms. The Hall–Kier alpha value is -2.09. The maximum Gasteiger partial charge on any atom is 0.249 e. The number of pyridine rings is 1. The Morgan fingerprint density at radius 1 is 1.50 bits per heavy atom. The van der Waals surface area contributed by atoms with Crippen LogP contribution < -0.4 is 5.56 Å².